The molecule has 53 heavy (non-hydrogen) atoms. The van der Waals surface area contributed by atoms with Crippen molar-refractivity contribution >= 4 is 45.6 Å². The van der Waals surface area contributed by atoms with E-state index in [4.69, 9.17) is 18.9 Å². The number of phenols is 1. The lowest BCUT2D eigenvalue weighted by Gasteiger charge is -2.30. The molecule has 0 saturated carbocycles. The predicted octanol–water partition coefficient (Wildman–Crippen LogP) is 7.02. The molecule has 0 spiro atoms. The lowest BCUT2D eigenvalue weighted by atomic mass is 9.87. The molecule has 0 bridgehead atoms. The molecule has 1 aliphatic rings. The van der Waals surface area contributed by atoms with Gasteiger partial charge in [-0.3, -0.25) is 4.79 Å². The van der Waals surface area contributed by atoms with Crippen LogP contribution in [0.3, 0.4) is 0 Å². The third-order valence-electron chi connectivity index (χ3n) is 9.99. The van der Waals surface area contributed by atoms with Crippen molar-refractivity contribution in [2.24, 2.45) is 0 Å². The number of aliphatic hydroxyl groups is 1. The Hall–Kier alpha value is -5.27. The average molecular weight is 794 g/mol. The van der Waals surface area contributed by atoms with Gasteiger partial charge in [-0.25, -0.2) is 19.2 Å². The van der Waals surface area contributed by atoms with Crippen molar-refractivity contribution in [2.45, 2.75) is 81.3 Å². The number of ether oxygens (including phenoxy) is 4. The van der Waals surface area contributed by atoms with Gasteiger partial charge >= 0.3 is 23.9 Å². The molecule has 12 nitrogen and oxygen atoms in total. The van der Waals surface area contributed by atoms with Crippen molar-refractivity contribution < 1.29 is 58.2 Å². The molecular formula is C40H41BrO12. The Balaban J connectivity index is 1.69. The van der Waals surface area contributed by atoms with Gasteiger partial charge in [-0.05, 0) is 152 Å². The Morgan fingerprint density at radius 2 is 1.28 bits per heavy atom. The number of phenolic OH excluding ortho intramolecular Hbond substituents is 1. The molecule has 280 valence electrons. The number of ketones is 1. The van der Waals surface area contributed by atoms with E-state index in [0.29, 0.717) is 44.5 Å². The minimum Gasteiger partial charge on any atom is -0.506 e. The molecule has 0 heterocycles. The topological polar surface area (TPSA) is 183 Å². The summed E-state index contributed by atoms with van der Waals surface area (Å²) in [6, 6.07) is 1.51. The molecule has 3 aromatic rings. The first-order chi connectivity index (χ1) is 24.6. The first kappa shape index (κ1) is 40.5. The highest BCUT2D eigenvalue weighted by Gasteiger charge is 2.48. The van der Waals surface area contributed by atoms with Crippen molar-refractivity contribution in [1.29, 1.82) is 0 Å². The van der Waals surface area contributed by atoms with Gasteiger partial charge in [0, 0.05) is 6.08 Å². The molecule has 1 aliphatic carbocycles. The fourth-order valence-corrected chi connectivity index (χ4v) is 7.08. The van der Waals surface area contributed by atoms with E-state index in [1.54, 1.807) is 55.4 Å². The van der Waals surface area contributed by atoms with Gasteiger partial charge in [-0.15, -0.1) is 0 Å². The van der Waals surface area contributed by atoms with Crippen LogP contribution >= 0.6 is 15.9 Å². The highest BCUT2D eigenvalue weighted by atomic mass is 79.9. The van der Waals surface area contributed by atoms with Gasteiger partial charge in [-0.2, -0.15) is 0 Å². The van der Waals surface area contributed by atoms with Crippen molar-refractivity contribution in [1.82, 2.24) is 0 Å². The second-order valence-electron chi connectivity index (χ2n) is 13.0. The molecular weight excluding hydrogens is 752 g/mol. The second-order valence-corrected chi connectivity index (χ2v) is 13.8. The number of carbonyl (C=O) groups excluding carboxylic acids is 4. The SMILES string of the molecule is CCc1c(C)c(C(=O)Oc2cc(C)c(C(=O)Oc3c(C)c(C)c(C(=O)O)c(C)c3C)c(C)c2C)c(O)c(Br)c1OC(=O)[C@@]1(O)C(C)=CC(=O)C=C1OC. The molecule has 1 atom stereocenters. The third-order valence-corrected chi connectivity index (χ3v) is 10.7. The Morgan fingerprint density at radius 3 is 1.81 bits per heavy atom. The van der Waals surface area contributed by atoms with Crippen LogP contribution in [0.1, 0.15) is 95.0 Å². The van der Waals surface area contributed by atoms with Gasteiger partial charge in [0.2, 0.25) is 5.60 Å². The summed E-state index contributed by atoms with van der Waals surface area (Å²) in [5, 5.41) is 32.3. The van der Waals surface area contributed by atoms with Crippen LogP contribution in [0.4, 0.5) is 0 Å². The second kappa shape index (κ2) is 15.0. The number of rotatable bonds is 9. The zero-order valence-corrected chi connectivity index (χ0v) is 32.9. The van der Waals surface area contributed by atoms with Crippen molar-refractivity contribution in [2.75, 3.05) is 7.11 Å². The maximum atomic E-state index is 13.8. The standard InChI is InChI=1S/C40H41BrO12/c1-12-26-24(10)31(33(43)32(41)35(26)53-39(48)40(49)17(3)14-25(42)15-28(40)50-11)38(47)51-27-13-16(2)29(19(5)18(27)4)37(46)52-34-22(8)20(6)30(36(44)45)21(7)23(34)9/h13-15,43,49H,12H2,1-11H3,(H,44,45)/t40-/m1/s1. The maximum Gasteiger partial charge on any atom is 0.356 e. The molecule has 13 heteroatoms. The Bertz CT molecular complexity index is 2180. The van der Waals surface area contributed by atoms with E-state index < -0.39 is 41.0 Å². The smallest absolute Gasteiger partial charge is 0.356 e. The van der Waals surface area contributed by atoms with E-state index in [2.05, 4.69) is 15.9 Å². The number of halogens is 1. The number of aromatic hydroxyl groups is 1. The summed E-state index contributed by atoms with van der Waals surface area (Å²) in [7, 11) is 1.19. The third kappa shape index (κ3) is 6.86. The summed E-state index contributed by atoms with van der Waals surface area (Å²) in [6.07, 6.45) is 2.27. The molecule has 0 radical (unpaired) electrons. The summed E-state index contributed by atoms with van der Waals surface area (Å²) >= 11 is 3.25. The molecule has 0 fully saturated rings. The van der Waals surface area contributed by atoms with Crippen LogP contribution < -0.4 is 14.2 Å². The van der Waals surface area contributed by atoms with Gasteiger partial charge < -0.3 is 34.3 Å². The van der Waals surface area contributed by atoms with Crippen molar-refractivity contribution in [3.63, 3.8) is 0 Å². The summed E-state index contributed by atoms with van der Waals surface area (Å²) < 4.78 is 22.3. The maximum absolute atomic E-state index is 13.8. The Morgan fingerprint density at radius 1 is 0.736 bits per heavy atom. The van der Waals surface area contributed by atoms with Crippen LogP contribution in [-0.2, 0) is 20.7 Å². The molecule has 0 amide bonds. The number of aryl methyl sites for hydroxylation is 1. The van der Waals surface area contributed by atoms with Crippen LogP contribution in [0.25, 0.3) is 0 Å². The van der Waals surface area contributed by atoms with E-state index >= 15 is 0 Å². The fourth-order valence-electron chi connectivity index (χ4n) is 6.56. The molecule has 3 N–H and O–H groups in total. The number of hydrogen-bond acceptors (Lipinski definition) is 11. The van der Waals surface area contributed by atoms with E-state index in [0.717, 1.165) is 12.2 Å². The van der Waals surface area contributed by atoms with Gasteiger partial charge in [0.1, 0.15) is 33.0 Å². The fraction of sp³-hybridized carbons (Fsp3) is 0.325. The molecule has 0 aliphatic heterocycles. The predicted molar refractivity (Wildman–Crippen MR) is 197 cm³/mol. The van der Waals surface area contributed by atoms with Crippen LogP contribution in [0.5, 0.6) is 23.0 Å². The number of esters is 3. The van der Waals surface area contributed by atoms with Crippen LogP contribution in [0.15, 0.2) is 34.0 Å². The average Bonchev–Trinajstić information content (AvgIpc) is 3.08. The summed E-state index contributed by atoms with van der Waals surface area (Å²) in [6.45, 7) is 16.3. The minimum absolute atomic E-state index is 0.0350. The minimum atomic E-state index is -2.43. The Kier molecular flexibility index (Phi) is 11.5. The molecule has 3 aromatic carbocycles. The number of benzene rings is 3. The first-order valence-electron chi connectivity index (χ1n) is 16.5. The van der Waals surface area contributed by atoms with Crippen LogP contribution in [0, 0.1) is 55.4 Å². The van der Waals surface area contributed by atoms with E-state index in [9.17, 15) is 39.3 Å². The number of carboxylic acid groups (broad SMARTS) is 1. The highest BCUT2D eigenvalue weighted by Crippen LogP contribution is 2.45. The van der Waals surface area contributed by atoms with Crippen LogP contribution in [0.2, 0.25) is 0 Å². The largest absolute Gasteiger partial charge is 0.506 e. The number of methoxy groups -OCH3 is 1. The van der Waals surface area contributed by atoms with E-state index in [1.165, 1.54) is 27.0 Å². The zero-order valence-electron chi connectivity index (χ0n) is 31.3. The summed E-state index contributed by atoms with van der Waals surface area (Å²) in [4.78, 5) is 64.7. The van der Waals surface area contributed by atoms with Gasteiger partial charge in [0.05, 0.1) is 18.2 Å². The number of hydrogen-bond donors (Lipinski definition) is 3. The lowest BCUT2D eigenvalue weighted by molar-refractivity contribution is -0.151. The van der Waals surface area contributed by atoms with Crippen LogP contribution in [-0.4, -0.2) is 57.7 Å². The van der Waals surface area contributed by atoms with Gasteiger partial charge in [0.15, 0.2) is 11.5 Å². The Labute approximate surface area is 315 Å². The first-order valence-corrected chi connectivity index (χ1v) is 17.3. The highest BCUT2D eigenvalue weighted by molar-refractivity contribution is 9.10. The van der Waals surface area contributed by atoms with Gasteiger partial charge in [0.25, 0.3) is 0 Å². The monoisotopic (exact) mass is 792 g/mol. The number of carbonyl (C=O) groups is 5. The molecule has 0 saturated heterocycles. The van der Waals surface area contributed by atoms with Crippen molar-refractivity contribution in [3.8, 4) is 23.0 Å². The number of aromatic carboxylic acids is 1. The summed E-state index contributed by atoms with van der Waals surface area (Å²) in [5.41, 5.74) is 1.65. The van der Waals surface area contributed by atoms with Gasteiger partial charge in [-0.1, -0.05) is 6.92 Å². The van der Waals surface area contributed by atoms with E-state index in [-0.39, 0.29) is 61.7 Å². The number of allylic oxidation sites excluding steroid dienone is 2. The van der Waals surface area contributed by atoms with E-state index in [1.807, 2.05) is 0 Å². The summed E-state index contributed by atoms with van der Waals surface area (Å²) in [5.74, 6) is -5.08. The molecule has 0 aromatic heterocycles. The normalized spacial score (nSPS) is 15.4. The van der Waals surface area contributed by atoms with Crippen molar-refractivity contribution in [3.05, 3.63) is 101 Å². The zero-order chi connectivity index (χ0) is 40.0. The lowest BCUT2D eigenvalue weighted by Crippen LogP contribution is -2.47. The molecule has 0 unspecified atom stereocenters. The molecule has 4 rings (SSSR count). The quantitative estimate of drug-likeness (QED) is 0.149. The number of carboxylic acids is 1.